The van der Waals surface area contributed by atoms with Crippen LogP contribution >= 0.6 is 0 Å². The van der Waals surface area contributed by atoms with E-state index in [1.54, 1.807) is 0 Å². The lowest BCUT2D eigenvalue weighted by molar-refractivity contribution is -0.137. The third-order valence-electron chi connectivity index (χ3n) is 4.90. The van der Waals surface area contributed by atoms with Crippen molar-refractivity contribution in [2.45, 2.75) is 19.3 Å². The van der Waals surface area contributed by atoms with Crippen molar-refractivity contribution in [1.29, 1.82) is 0 Å². The summed E-state index contributed by atoms with van der Waals surface area (Å²) in [5.41, 5.74) is -0.323. The van der Waals surface area contributed by atoms with Gasteiger partial charge in [0.2, 0.25) is 29.1 Å². The van der Waals surface area contributed by atoms with Crippen LogP contribution in [-0.4, -0.2) is 15.7 Å². The zero-order chi connectivity index (χ0) is 26.9. The minimum atomic E-state index is -4.50. The Bertz CT molecular complexity index is 1430. The molecule has 0 aliphatic carbocycles. The molecule has 194 valence electrons. The number of alkyl halides is 3. The van der Waals surface area contributed by atoms with Crippen molar-refractivity contribution in [3.8, 4) is 5.75 Å². The second kappa shape index (κ2) is 9.95. The predicted molar refractivity (Wildman–Crippen MR) is 110 cm³/mol. The van der Waals surface area contributed by atoms with E-state index in [9.17, 15) is 39.9 Å². The zero-order valence-electron chi connectivity index (χ0n) is 18.2. The van der Waals surface area contributed by atoms with Crippen LogP contribution in [0.25, 0.3) is 0 Å². The van der Waals surface area contributed by atoms with Gasteiger partial charge >= 0.3 is 6.18 Å². The molecule has 14 heteroatoms. The number of anilines is 1. The first kappa shape index (κ1) is 25.7. The van der Waals surface area contributed by atoms with Crippen LogP contribution < -0.4 is 10.1 Å². The molecular weight excluding hydrogens is 518 g/mol. The molecule has 6 nitrogen and oxygen atoms in total. The summed E-state index contributed by atoms with van der Waals surface area (Å²) in [6, 6.07) is 6.99. The molecule has 0 bridgehead atoms. The van der Waals surface area contributed by atoms with Gasteiger partial charge in [-0.25, -0.2) is 13.2 Å². The molecule has 0 atom stereocenters. The lowest BCUT2D eigenvalue weighted by atomic mass is 10.1. The number of carbonyl (C=O) groups excluding carboxylic acids is 1. The highest BCUT2D eigenvalue weighted by molar-refractivity contribution is 6.02. The maximum Gasteiger partial charge on any atom is 0.416 e. The molecule has 0 spiro atoms. The summed E-state index contributed by atoms with van der Waals surface area (Å²) >= 11 is 0. The number of benzene rings is 2. The number of rotatable bonds is 7. The van der Waals surface area contributed by atoms with Crippen molar-refractivity contribution < 1.29 is 49.1 Å². The number of nitrogens with one attached hydrogen (secondary N) is 1. The number of hydrogen-bond acceptors (Lipinski definition) is 4. The van der Waals surface area contributed by atoms with Gasteiger partial charge in [0.25, 0.3) is 5.91 Å². The smallest absolute Gasteiger partial charge is 0.416 e. The Balaban J connectivity index is 1.38. The van der Waals surface area contributed by atoms with Crippen molar-refractivity contribution in [1.82, 2.24) is 9.78 Å². The molecule has 0 fully saturated rings. The normalized spacial score (nSPS) is 11.6. The average molecular weight is 531 g/mol. The van der Waals surface area contributed by atoms with E-state index in [2.05, 4.69) is 15.2 Å². The van der Waals surface area contributed by atoms with Crippen LogP contribution in [-0.2, 0) is 19.3 Å². The highest BCUT2D eigenvalue weighted by Crippen LogP contribution is 2.31. The predicted octanol–water partition coefficient (Wildman–Crippen LogP) is 6.07. The second-order valence-electron chi connectivity index (χ2n) is 7.53. The van der Waals surface area contributed by atoms with Crippen LogP contribution in [0.5, 0.6) is 5.75 Å². The number of amides is 1. The van der Waals surface area contributed by atoms with E-state index in [-0.39, 0.29) is 23.8 Å². The molecule has 0 saturated heterocycles. The van der Waals surface area contributed by atoms with Gasteiger partial charge in [0.15, 0.2) is 11.5 Å². The number of hydrogen-bond donors (Lipinski definition) is 1. The standard InChI is InChI=1S/C23H13F8N3O3/c24-16-17(25)19(27)21(20(28)18(16)26)36-10-14-4-5-15(37-14)22(35)33-13-7-32-34(9-13)8-11-2-1-3-12(6-11)23(29,30)31/h1-7,9H,8,10H2,(H,33,35). The molecule has 4 rings (SSSR count). The summed E-state index contributed by atoms with van der Waals surface area (Å²) in [7, 11) is 0. The molecule has 0 aliphatic rings. The van der Waals surface area contributed by atoms with Gasteiger partial charge in [-0.15, -0.1) is 0 Å². The van der Waals surface area contributed by atoms with Crippen LogP contribution in [0.1, 0.15) is 27.4 Å². The van der Waals surface area contributed by atoms with E-state index in [4.69, 9.17) is 4.42 Å². The van der Waals surface area contributed by atoms with Gasteiger partial charge in [-0.05, 0) is 29.8 Å². The average Bonchev–Trinajstić information content (AvgIpc) is 3.51. The third kappa shape index (κ3) is 5.57. The van der Waals surface area contributed by atoms with Gasteiger partial charge in [-0.3, -0.25) is 9.48 Å². The molecule has 2 aromatic heterocycles. The van der Waals surface area contributed by atoms with E-state index in [1.165, 1.54) is 41.3 Å². The summed E-state index contributed by atoms with van der Waals surface area (Å²) in [6.07, 6.45) is -1.91. The lowest BCUT2D eigenvalue weighted by Gasteiger charge is -2.09. The largest absolute Gasteiger partial charge is 0.479 e. The van der Waals surface area contributed by atoms with E-state index in [0.717, 1.165) is 12.1 Å². The van der Waals surface area contributed by atoms with Crippen molar-refractivity contribution in [3.63, 3.8) is 0 Å². The Labute approximate surface area is 202 Å². The van der Waals surface area contributed by atoms with E-state index >= 15 is 0 Å². The van der Waals surface area contributed by atoms with Crippen LogP contribution in [0.3, 0.4) is 0 Å². The first-order chi connectivity index (χ1) is 17.4. The highest BCUT2D eigenvalue weighted by atomic mass is 19.4. The Morgan fingerprint density at radius 2 is 1.65 bits per heavy atom. The minimum Gasteiger partial charge on any atom is -0.479 e. The number of carbonyl (C=O) groups is 1. The molecule has 2 heterocycles. The monoisotopic (exact) mass is 531 g/mol. The summed E-state index contributed by atoms with van der Waals surface area (Å²) in [5, 5.41) is 6.40. The molecular formula is C23H13F8N3O3. The molecule has 0 unspecified atom stereocenters. The fourth-order valence-corrected chi connectivity index (χ4v) is 3.17. The van der Waals surface area contributed by atoms with Gasteiger partial charge in [0, 0.05) is 6.20 Å². The Kier molecular flexibility index (Phi) is 6.92. The first-order valence-corrected chi connectivity index (χ1v) is 10.2. The number of furan rings is 1. The molecule has 1 amide bonds. The van der Waals surface area contributed by atoms with Crippen molar-refractivity contribution in [2.75, 3.05) is 5.32 Å². The van der Waals surface area contributed by atoms with E-state index in [0.29, 0.717) is 5.56 Å². The molecule has 1 N–H and O–H groups in total. The van der Waals surface area contributed by atoms with Crippen molar-refractivity contribution in [2.24, 2.45) is 0 Å². The summed E-state index contributed by atoms with van der Waals surface area (Å²) in [4.78, 5) is 12.4. The van der Waals surface area contributed by atoms with Crippen molar-refractivity contribution >= 4 is 11.6 Å². The summed E-state index contributed by atoms with van der Waals surface area (Å²) in [5.74, 6) is -13.8. The van der Waals surface area contributed by atoms with Crippen LogP contribution in [0.2, 0.25) is 0 Å². The molecule has 0 aliphatic heterocycles. The van der Waals surface area contributed by atoms with Crippen LogP contribution in [0, 0.1) is 29.1 Å². The van der Waals surface area contributed by atoms with Crippen LogP contribution in [0.15, 0.2) is 53.2 Å². The van der Waals surface area contributed by atoms with Gasteiger partial charge < -0.3 is 14.5 Å². The number of halogens is 8. The highest BCUT2D eigenvalue weighted by Gasteiger charge is 2.30. The Hall–Kier alpha value is -4.36. The first-order valence-electron chi connectivity index (χ1n) is 10.2. The fraction of sp³-hybridized carbons (Fsp3) is 0.130. The topological polar surface area (TPSA) is 69.3 Å². The molecule has 37 heavy (non-hydrogen) atoms. The Morgan fingerprint density at radius 3 is 2.32 bits per heavy atom. The molecule has 0 radical (unpaired) electrons. The SMILES string of the molecule is O=C(Nc1cnn(Cc2cccc(C(F)(F)F)c2)c1)c1ccc(COc2c(F)c(F)c(F)c(F)c2F)o1. The van der Waals surface area contributed by atoms with Crippen molar-refractivity contribution in [3.05, 3.63) is 101 Å². The van der Waals surface area contributed by atoms with Gasteiger partial charge in [0.05, 0.1) is 24.0 Å². The quantitative estimate of drug-likeness (QED) is 0.179. The maximum atomic E-state index is 13.7. The maximum absolute atomic E-state index is 13.7. The van der Waals surface area contributed by atoms with E-state index < -0.39 is 59.1 Å². The van der Waals surface area contributed by atoms with Gasteiger partial charge in [0.1, 0.15) is 12.4 Å². The number of aromatic nitrogens is 2. The molecule has 0 saturated carbocycles. The number of nitrogens with zero attached hydrogens (tertiary/aromatic N) is 2. The molecule has 2 aromatic carbocycles. The Morgan fingerprint density at radius 1 is 0.973 bits per heavy atom. The van der Waals surface area contributed by atoms with Gasteiger partial charge in [-0.1, -0.05) is 12.1 Å². The minimum absolute atomic E-state index is 0.0142. The van der Waals surface area contributed by atoms with E-state index in [1.807, 2.05) is 0 Å². The van der Waals surface area contributed by atoms with Crippen LogP contribution in [0.4, 0.5) is 40.8 Å². The molecule has 4 aromatic rings. The second-order valence-corrected chi connectivity index (χ2v) is 7.53. The van der Waals surface area contributed by atoms with Gasteiger partial charge in [-0.2, -0.15) is 27.1 Å². The number of ether oxygens (including phenoxy) is 1. The lowest BCUT2D eigenvalue weighted by Crippen LogP contribution is -2.10. The summed E-state index contributed by atoms with van der Waals surface area (Å²) in [6.45, 7) is -0.778. The summed E-state index contributed by atoms with van der Waals surface area (Å²) < 4.78 is 117. The fourth-order valence-electron chi connectivity index (χ4n) is 3.17. The zero-order valence-corrected chi connectivity index (χ0v) is 18.2. The third-order valence-corrected chi connectivity index (χ3v) is 4.90.